The fraction of sp³-hybridized carbons (Fsp3) is 0.471. The number of hydrogen-bond acceptors (Lipinski definition) is 5. The van der Waals surface area contributed by atoms with Crippen LogP contribution < -0.4 is 5.32 Å². The van der Waals surface area contributed by atoms with Crippen LogP contribution in [0.3, 0.4) is 0 Å². The number of hydrogen-bond donors (Lipinski definition) is 1. The molecule has 0 bridgehead atoms. The molecule has 1 aromatic carbocycles. The zero-order chi connectivity index (χ0) is 20.9. The molecule has 28 heavy (non-hydrogen) atoms. The summed E-state index contributed by atoms with van der Waals surface area (Å²) < 4.78 is 23.3. The van der Waals surface area contributed by atoms with E-state index in [1.165, 1.54) is 24.9 Å². The van der Waals surface area contributed by atoms with Gasteiger partial charge in [0, 0.05) is 28.7 Å². The van der Waals surface area contributed by atoms with E-state index in [1.807, 2.05) is 0 Å². The third-order valence-corrected chi connectivity index (χ3v) is 7.49. The number of nitrogens with zero attached hydrogens (tertiary/aromatic N) is 2. The first-order valence-corrected chi connectivity index (χ1v) is 11.1. The van der Waals surface area contributed by atoms with Crippen LogP contribution in [0.15, 0.2) is 18.2 Å². The van der Waals surface area contributed by atoms with Gasteiger partial charge in [-0.3, -0.25) is 14.5 Å². The van der Waals surface area contributed by atoms with Crippen LogP contribution in [0.25, 0.3) is 0 Å². The first-order chi connectivity index (χ1) is 12.9. The molecule has 8 nitrogen and oxygen atoms in total. The van der Waals surface area contributed by atoms with E-state index in [1.54, 1.807) is 12.1 Å². The van der Waals surface area contributed by atoms with Crippen molar-refractivity contribution in [3.63, 3.8) is 0 Å². The summed E-state index contributed by atoms with van der Waals surface area (Å²) in [6.07, 6.45) is 0.336. The Labute approximate surface area is 172 Å². The van der Waals surface area contributed by atoms with Gasteiger partial charge in [0.05, 0.1) is 11.5 Å². The first-order valence-electron chi connectivity index (χ1n) is 8.50. The number of halogens is 2. The molecule has 2 fully saturated rings. The molecule has 2 saturated heterocycles. The zero-order valence-corrected chi connectivity index (χ0v) is 17.6. The van der Waals surface area contributed by atoms with Gasteiger partial charge in [-0.2, -0.15) is 0 Å². The second-order valence-corrected chi connectivity index (χ2v) is 10.2. The Balaban J connectivity index is 1.77. The van der Waals surface area contributed by atoms with Crippen molar-refractivity contribution in [3.05, 3.63) is 33.8 Å². The highest BCUT2D eigenvalue weighted by Crippen LogP contribution is 2.35. The van der Waals surface area contributed by atoms with Gasteiger partial charge < -0.3 is 10.2 Å². The quantitative estimate of drug-likeness (QED) is 0.702. The van der Waals surface area contributed by atoms with Gasteiger partial charge in [-0.15, -0.1) is 0 Å². The number of likely N-dealkylation sites (N-methyl/N-ethyl adjacent to an activating group) is 1. The molecule has 152 valence electrons. The fourth-order valence-electron chi connectivity index (χ4n) is 3.45. The van der Waals surface area contributed by atoms with Crippen molar-refractivity contribution in [2.75, 3.05) is 25.1 Å². The number of urea groups is 1. The van der Waals surface area contributed by atoms with Crippen molar-refractivity contribution < 1.29 is 22.8 Å². The monoisotopic (exact) mass is 447 g/mol. The molecule has 1 aromatic rings. The summed E-state index contributed by atoms with van der Waals surface area (Å²) in [6, 6.07) is 3.37. The van der Waals surface area contributed by atoms with Crippen LogP contribution in [0.1, 0.15) is 18.9 Å². The van der Waals surface area contributed by atoms with Crippen molar-refractivity contribution in [3.8, 4) is 0 Å². The molecule has 0 radical (unpaired) electrons. The smallest absolute Gasteiger partial charge is 0.325 e. The topological polar surface area (TPSA) is 104 Å². The molecule has 0 aliphatic carbocycles. The Bertz CT molecular complexity index is 968. The van der Waals surface area contributed by atoms with Crippen LogP contribution in [-0.4, -0.2) is 67.2 Å². The van der Waals surface area contributed by atoms with E-state index in [2.05, 4.69) is 5.32 Å². The average Bonchev–Trinajstić information content (AvgIpc) is 3.06. The van der Waals surface area contributed by atoms with Crippen LogP contribution in [0.2, 0.25) is 10.0 Å². The van der Waals surface area contributed by atoms with Gasteiger partial charge in [-0.1, -0.05) is 29.3 Å². The Hall–Kier alpha value is -1.84. The highest BCUT2D eigenvalue weighted by atomic mass is 35.5. The third-order valence-electron chi connectivity index (χ3n) is 5.19. The molecule has 4 amide bonds. The number of nitrogens with one attached hydrogen (secondary N) is 1. The molecule has 2 aliphatic heterocycles. The lowest BCUT2D eigenvalue weighted by atomic mass is 9.92. The summed E-state index contributed by atoms with van der Waals surface area (Å²) in [5, 5.41) is 3.17. The molecular formula is C17H19Cl2N3O5S. The van der Waals surface area contributed by atoms with E-state index < -0.39 is 45.8 Å². The predicted octanol–water partition coefficient (Wildman–Crippen LogP) is 1.41. The van der Waals surface area contributed by atoms with Crippen LogP contribution >= 0.6 is 23.2 Å². The lowest BCUT2D eigenvalue weighted by Gasteiger charge is -2.26. The van der Waals surface area contributed by atoms with E-state index in [9.17, 15) is 22.8 Å². The molecule has 1 N–H and O–H groups in total. The second-order valence-electron chi connectivity index (χ2n) is 7.13. The summed E-state index contributed by atoms with van der Waals surface area (Å²) in [6.45, 7) is 1.01. The highest BCUT2D eigenvalue weighted by molar-refractivity contribution is 7.91. The average molecular weight is 448 g/mol. The Kier molecular flexibility index (Phi) is 5.37. The number of rotatable bonds is 4. The fourth-order valence-corrected chi connectivity index (χ4v) is 5.82. The summed E-state index contributed by atoms with van der Waals surface area (Å²) in [4.78, 5) is 40.0. The largest absolute Gasteiger partial charge is 0.340 e. The van der Waals surface area contributed by atoms with Gasteiger partial charge in [-0.05, 0) is 25.5 Å². The van der Waals surface area contributed by atoms with Crippen LogP contribution in [0.4, 0.5) is 4.79 Å². The maximum atomic E-state index is 12.9. The van der Waals surface area contributed by atoms with Crippen molar-refractivity contribution in [1.29, 1.82) is 0 Å². The van der Waals surface area contributed by atoms with Gasteiger partial charge in [0.25, 0.3) is 5.91 Å². The molecule has 0 aromatic heterocycles. The summed E-state index contributed by atoms with van der Waals surface area (Å²) in [7, 11) is -1.69. The number of sulfone groups is 1. The third kappa shape index (κ3) is 3.70. The Morgan fingerprint density at radius 2 is 2.04 bits per heavy atom. The van der Waals surface area contributed by atoms with Crippen molar-refractivity contribution in [2.45, 2.75) is 24.9 Å². The lowest BCUT2D eigenvalue weighted by molar-refractivity contribution is -0.139. The number of benzene rings is 1. The Morgan fingerprint density at radius 1 is 1.36 bits per heavy atom. The predicted molar refractivity (Wildman–Crippen MR) is 104 cm³/mol. The number of imide groups is 1. The molecule has 2 aliphatic rings. The normalized spacial score (nSPS) is 26.4. The minimum absolute atomic E-state index is 0.0194. The number of carbonyl (C=O) groups excluding carboxylic acids is 3. The van der Waals surface area contributed by atoms with Gasteiger partial charge in [0.1, 0.15) is 12.1 Å². The summed E-state index contributed by atoms with van der Waals surface area (Å²) in [5.74, 6) is -1.24. The minimum Gasteiger partial charge on any atom is -0.340 e. The van der Waals surface area contributed by atoms with Crippen LogP contribution in [0, 0.1) is 0 Å². The molecule has 0 saturated carbocycles. The van der Waals surface area contributed by atoms with Crippen molar-refractivity contribution in [1.82, 2.24) is 15.1 Å². The maximum Gasteiger partial charge on any atom is 0.325 e. The molecule has 2 unspecified atom stereocenters. The van der Waals surface area contributed by atoms with Gasteiger partial charge >= 0.3 is 6.03 Å². The molecule has 0 spiro atoms. The SMILES string of the molecule is CN(C(=O)CN1C(=O)NC(C)(c2ccc(Cl)cc2Cl)C1=O)C1CCS(=O)(=O)C1. The summed E-state index contributed by atoms with van der Waals surface area (Å²) in [5.41, 5.74) is -1.07. The van der Waals surface area contributed by atoms with Crippen LogP contribution in [-0.2, 0) is 25.0 Å². The molecular weight excluding hydrogens is 429 g/mol. The number of amides is 4. The second kappa shape index (κ2) is 7.20. The van der Waals surface area contributed by atoms with Crippen molar-refractivity contribution in [2.24, 2.45) is 0 Å². The summed E-state index contributed by atoms with van der Waals surface area (Å²) >= 11 is 12.1. The number of carbonyl (C=O) groups is 3. The molecule has 2 heterocycles. The van der Waals surface area contributed by atoms with Crippen LogP contribution in [0.5, 0.6) is 0 Å². The van der Waals surface area contributed by atoms with E-state index >= 15 is 0 Å². The van der Waals surface area contributed by atoms with Gasteiger partial charge in [-0.25, -0.2) is 13.2 Å². The molecule has 3 rings (SSSR count). The zero-order valence-electron chi connectivity index (χ0n) is 15.2. The van der Waals surface area contributed by atoms with E-state index in [0.717, 1.165) is 4.90 Å². The van der Waals surface area contributed by atoms with E-state index in [4.69, 9.17) is 23.2 Å². The maximum absolute atomic E-state index is 12.9. The molecule has 11 heteroatoms. The van der Waals surface area contributed by atoms with Crippen molar-refractivity contribution >= 4 is 50.9 Å². The Morgan fingerprint density at radius 3 is 2.61 bits per heavy atom. The van der Waals surface area contributed by atoms with Gasteiger partial charge in [0.2, 0.25) is 5.91 Å². The minimum atomic E-state index is -3.16. The lowest BCUT2D eigenvalue weighted by Crippen LogP contribution is -2.46. The van der Waals surface area contributed by atoms with E-state index in [0.29, 0.717) is 17.0 Å². The molecule has 2 atom stereocenters. The van der Waals surface area contributed by atoms with Gasteiger partial charge in [0.15, 0.2) is 9.84 Å². The standard InChI is InChI=1S/C17H19Cl2N3O5S/c1-17(12-4-3-10(18)7-13(12)19)15(24)22(16(25)20-17)8-14(23)21(2)11-5-6-28(26,27)9-11/h3-4,7,11H,5-6,8-9H2,1-2H3,(H,20,25). The van der Waals surface area contributed by atoms with E-state index in [-0.39, 0.29) is 16.5 Å². The first kappa shape index (κ1) is 20.9. The highest BCUT2D eigenvalue weighted by Gasteiger charge is 2.50.